The van der Waals surface area contributed by atoms with Gasteiger partial charge < -0.3 is 19.1 Å². The normalized spacial score (nSPS) is 14.7. The Kier molecular flexibility index (Phi) is 5.17. The van der Waals surface area contributed by atoms with Crippen molar-refractivity contribution in [2.24, 2.45) is 0 Å². The van der Waals surface area contributed by atoms with E-state index in [-0.39, 0.29) is 0 Å². The summed E-state index contributed by atoms with van der Waals surface area (Å²) in [6, 6.07) is 5.85. The van der Waals surface area contributed by atoms with Gasteiger partial charge in [0.1, 0.15) is 6.61 Å². The number of hydrogen-bond acceptors (Lipinski definition) is 7. The molecule has 142 valence electrons. The topological polar surface area (TPSA) is 74.0 Å². The van der Waals surface area contributed by atoms with Crippen LogP contribution in [0.3, 0.4) is 0 Å². The Morgan fingerprint density at radius 2 is 2.00 bits per heavy atom. The van der Waals surface area contributed by atoms with Crippen molar-refractivity contribution in [1.29, 1.82) is 0 Å². The third-order valence-electron chi connectivity index (χ3n) is 4.57. The number of hydrogen-bond donors (Lipinski definition) is 0. The third-order valence-corrected chi connectivity index (χ3v) is 4.57. The zero-order valence-corrected chi connectivity index (χ0v) is 15.6. The standard InChI is InChI=1S/C19H23N5O3/c1-14-18(15-3-4-17(20-13-15)27-12-11-25-2)24-19(22-14)16(5-6-21-24)23-7-9-26-10-8-23/h3-6,13H,7-12H2,1-2H3. The number of fused-ring (bicyclic) bond motifs is 1. The van der Waals surface area contributed by atoms with Gasteiger partial charge in [-0.25, -0.2) is 14.5 Å². The van der Waals surface area contributed by atoms with Crippen LogP contribution in [0.2, 0.25) is 0 Å². The molecule has 1 saturated heterocycles. The van der Waals surface area contributed by atoms with Crippen LogP contribution in [0.5, 0.6) is 5.88 Å². The number of methoxy groups -OCH3 is 1. The third kappa shape index (κ3) is 3.58. The summed E-state index contributed by atoms with van der Waals surface area (Å²) in [7, 11) is 1.64. The van der Waals surface area contributed by atoms with E-state index in [0.29, 0.717) is 19.1 Å². The van der Waals surface area contributed by atoms with Crippen LogP contribution in [0.15, 0.2) is 30.6 Å². The summed E-state index contributed by atoms with van der Waals surface area (Å²) in [5.41, 5.74) is 4.74. The Hall–Kier alpha value is -2.71. The zero-order chi connectivity index (χ0) is 18.6. The van der Waals surface area contributed by atoms with Crippen molar-refractivity contribution in [3.63, 3.8) is 0 Å². The molecular weight excluding hydrogens is 346 g/mol. The molecule has 3 aromatic rings. The van der Waals surface area contributed by atoms with Crippen molar-refractivity contribution in [1.82, 2.24) is 19.6 Å². The van der Waals surface area contributed by atoms with E-state index in [1.54, 1.807) is 13.3 Å². The van der Waals surface area contributed by atoms with Gasteiger partial charge in [0.25, 0.3) is 0 Å². The molecule has 8 heteroatoms. The molecule has 0 aromatic carbocycles. The van der Waals surface area contributed by atoms with Gasteiger partial charge >= 0.3 is 0 Å². The maximum absolute atomic E-state index is 5.54. The highest BCUT2D eigenvalue weighted by atomic mass is 16.5. The van der Waals surface area contributed by atoms with Crippen LogP contribution in [0.25, 0.3) is 16.9 Å². The molecule has 0 amide bonds. The first kappa shape index (κ1) is 17.7. The van der Waals surface area contributed by atoms with Crippen LogP contribution in [0.4, 0.5) is 5.69 Å². The number of imidazole rings is 1. The molecule has 0 saturated carbocycles. The van der Waals surface area contributed by atoms with Gasteiger partial charge in [0.15, 0.2) is 5.65 Å². The summed E-state index contributed by atoms with van der Waals surface area (Å²) < 4.78 is 17.9. The largest absolute Gasteiger partial charge is 0.475 e. The number of rotatable bonds is 6. The summed E-state index contributed by atoms with van der Waals surface area (Å²) in [5.74, 6) is 0.573. The lowest BCUT2D eigenvalue weighted by atomic mass is 10.2. The van der Waals surface area contributed by atoms with E-state index in [1.807, 2.05) is 35.8 Å². The maximum Gasteiger partial charge on any atom is 0.213 e. The highest BCUT2D eigenvalue weighted by Crippen LogP contribution is 2.29. The number of anilines is 1. The fraction of sp³-hybridized carbons (Fsp3) is 0.421. The molecule has 0 atom stereocenters. The monoisotopic (exact) mass is 369 g/mol. The fourth-order valence-corrected chi connectivity index (χ4v) is 3.26. The highest BCUT2D eigenvalue weighted by Gasteiger charge is 2.19. The Morgan fingerprint density at radius 3 is 2.74 bits per heavy atom. The average molecular weight is 369 g/mol. The van der Waals surface area contributed by atoms with Gasteiger partial charge in [-0.05, 0) is 19.1 Å². The van der Waals surface area contributed by atoms with Crippen molar-refractivity contribution < 1.29 is 14.2 Å². The minimum atomic E-state index is 0.474. The van der Waals surface area contributed by atoms with Crippen LogP contribution >= 0.6 is 0 Å². The number of aryl methyl sites for hydroxylation is 1. The Balaban J connectivity index is 1.67. The lowest BCUT2D eigenvalue weighted by Crippen LogP contribution is -2.36. The summed E-state index contributed by atoms with van der Waals surface area (Å²) in [5, 5.41) is 4.54. The van der Waals surface area contributed by atoms with Crippen molar-refractivity contribution in [2.75, 3.05) is 51.5 Å². The van der Waals surface area contributed by atoms with Crippen LogP contribution in [-0.4, -0.2) is 66.2 Å². The SMILES string of the molecule is COCCOc1ccc(-c2c(C)nc3c(N4CCOCC4)ccnn23)cn1. The minimum absolute atomic E-state index is 0.474. The molecule has 0 bridgehead atoms. The minimum Gasteiger partial charge on any atom is -0.475 e. The van der Waals surface area contributed by atoms with E-state index in [2.05, 4.69) is 15.0 Å². The number of morpholine rings is 1. The van der Waals surface area contributed by atoms with Gasteiger partial charge in [-0.2, -0.15) is 5.10 Å². The molecule has 0 N–H and O–H groups in total. The van der Waals surface area contributed by atoms with Crippen molar-refractivity contribution in [2.45, 2.75) is 6.92 Å². The number of nitrogens with zero attached hydrogens (tertiary/aromatic N) is 5. The van der Waals surface area contributed by atoms with Gasteiger partial charge in [0, 0.05) is 38.0 Å². The Bertz CT molecular complexity index is 904. The van der Waals surface area contributed by atoms with E-state index in [1.165, 1.54) is 0 Å². The van der Waals surface area contributed by atoms with Gasteiger partial charge in [-0.1, -0.05) is 0 Å². The van der Waals surface area contributed by atoms with Crippen LogP contribution < -0.4 is 9.64 Å². The molecule has 1 aliphatic rings. The van der Waals surface area contributed by atoms with Crippen molar-refractivity contribution >= 4 is 11.3 Å². The predicted molar refractivity (Wildman–Crippen MR) is 101 cm³/mol. The van der Waals surface area contributed by atoms with Crippen LogP contribution in [-0.2, 0) is 9.47 Å². The van der Waals surface area contributed by atoms with Crippen molar-refractivity contribution in [3.05, 3.63) is 36.3 Å². The summed E-state index contributed by atoms with van der Waals surface area (Å²) >= 11 is 0. The first-order valence-corrected chi connectivity index (χ1v) is 9.03. The summed E-state index contributed by atoms with van der Waals surface area (Å²) in [6.45, 7) is 6.18. The Labute approximate surface area is 157 Å². The molecule has 0 aliphatic carbocycles. The van der Waals surface area contributed by atoms with Gasteiger partial charge in [-0.15, -0.1) is 0 Å². The van der Waals surface area contributed by atoms with E-state index < -0.39 is 0 Å². The first-order valence-electron chi connectivity index (χ1n) is 9.03. The molecule has 0 unspecified atom stereocenters. The van der Waals surface area contributed by atoms with Gasteiger partial charge in [-0.3, -0.25) is 0 Å². The second-order valence-corrected chi connectivity index (χ2v) is 6.32. The van der Waals surface area contributed by atoms with E-state index >= 15 is 0 Å². The fourth-order valence-electron chi connectivity index (χ4n) is 3.26. The lowest BCUT2D eigenvalue weighted by Gasteiger charge is -2.28. The second kappa shape index (κ2) is 7.89. The van der Waals surface area contributed by atoms with Crippen LogP contribution in [0, 0.1) is 6.92 Å². The van der Waals surface area contributed by atoms with E-state index in [4.69, 9.17) is 19.2 Å². The number of aromatic nitrogens is 4. The molecule has 4 rings (SSSR count). The molecule has 27 heavy (non-hydrogen) atoms. The average Bonchev–Trinajstić information content (AvgIpc) is 3.05. The molecule has 0 radical (unpaired) electrons. The lowest BCUT2D eigenvalue weighted by molar-refractivity contribution is 0.123. The molecule has 3 aromatic heterocycles. The molecule has 8 nitrogen and oxygen atoms in total. The van der Waals surface area contributed by atoms with E-state index in [9.17, 15) is 0 Å². The smallest absolute Gasteiger partial charge is 0.213 e. The summed E-state index contributed by atoms with van der Waals surface area (Å²) in [6.07, 6.45) is 3.61. The van der Waals surface area contributed by atoms with Gasteiger partial charge in [0.2, 0.25) is 5.88 Å². The number of pyridine rings is 1. The van der Waals surface area contributed by atoms with Crippen LogP contribution in [0.1, 0.15) is 5.69 Å². The predicted octanol–water partition coefficient (Wildman–Crippen LogP) is 1.96. The first-order chi connectivity index (χ1) is 13.3. The molecule has 1 aliphatic heterocycles. The second-order valence-electron chi connectivity index (χ2n) is 6.32. The van der Waals surface area contributed by atoms with E-state index in [0.717, 1.165) is 54.6 Å². The maximum atomic E-state index is 5.54. The molecule has 0 spiro atoms. The van der Waals surface area contributed by atoms with Gasteiger partial charge in [0.05, 0.1) is 43.1 Å². The molecular formula is C19H23N5O3. The number of ether oxygens (including phenoxy) is 3. The zero-order valence-electron chi connectivity index (χ0n) is 15.6. The highest BCUT2D eigenvalue weighted by molar-refractivity contribution is 5.75. The Morgan fingerprint density at radius 1 is 1.15 bits per heavy atom. The molecule has 4 heterocycles. The van der Waals surface area contributed by atoms with Crippen molar-refractivity contribution in [3.8, 4) is 17.1 Å². The quantitative estimate of drug-likeness (QED) is 0.615. The molecule has 1 fully saturated rings. The summed E-state index contributed by atoms with van der Waals surface area (Å²) in [4.78, 5) is 11.5.